The van der Waals surface area contributed by atoms with Gasteiger partial charge in [-0.2, -0.15) is 0 Å². The van der Waals surface area contributed by atoms with Gasteiger partial charge in [-0.3, -0.25) is 4.79 Å². The molecule has 0 saturated carbocycles. The van der Waals surface area contributed by atoms with E-state index in [-0.39, 0.29) is 12.5 Å². The van der Waals surface area contributed by atoms with Crippen LogP contribution in [0.3, 0.4) is 0 Å². The number of nitrogens with one attached hydrogen (secondary N) is 2. The van der Waals surface area contributed by atoms with E-state index in [1.165, 1.54) is 0 Å². The third-order valence-electron chi connectivity index (χ3n) is 4.89. The second-order valence-corrected chi connectivity index (χ2v) is 9.19. The first-order valence-electron chi connectivity index (χ1n) is 10.7. The minimum Gasteiger partial charge on any atom is -0.483 e. The fraction of sp³-hybridized carbons (Fsp3) is 0.0741. The number of anilines is 2. The van der Waals surface area contributed by atoms with Crippen molar-refractivity contribution < 1.29 is 14.3 Å². The van der Waals surface area contributed by atoms with Crippen LogP contribution in [0.1, 0.15) is 5.56 Å². The smallest absolute Gasteiger partial charge is 0.262 e. The van der Waals surface area contributed by atoms with Crippen LogP contribution in [0.5, 0.6) is 17.2 Å². The topological polar surface area (TPSA) is 59.6 Å². The highest BCUT2D eigenvalue weighted by Gasteiger charge is 2.09. The number of para-hydroxylation sites is 1. The fourth-order valence-corrected chi connectivity index (χ4v) is 3.99. The van der Waals surface area contributed by atoms with Crippen LogP contribution in [0.15, 0.2) is 95.5 Å². The quantitative estimate of drug-likeness (QED) is 0.213. The monoisotopic (exact) mass is 570 g/mol. The summed E-state index contributed by atoms with van der Waals surface area (Å²) in [5.74, 6) is 1.84. The molecule has 1 amide bonds. The number of hydrogen-bond donors (Lipinski definition) is 2. The molecule has 0 aliphatic rings. The maximum Gasteiger partial charge on any atom is 0.262 e. The Bertz CT molecular complexity index is 1300. The number of ether oxygens (including phenoxy) is 2. The standard InChI is InChI=1S/C27H21BrCl2N2O3/c28-23-14-18(16-31-19-7-10-22(11-8-19)35-21-4-2-1-3-5-21)6-13-26(23)34-17-27(33)32-20-9-12-24(29)25(30)15-20/h1-15,31H,16-17H2,(H,32,33). The predicted octanol–water partition coefficient (Wildman–Crippen LogP) is 8.18. The first-order valence-corrected chi connectivity index (χ1v) is 12.2. The van der Waals surface area contributed by atoms with Crippen LogP contribution in [0.2, 0.25) is 10.0 Å². The molecule has 2 N–H and O–H groups in total. The summed E-state index contributed by atoms with van der Waals surface area (Å²) in [4.78, 5) is 12.2. The molecule has 35 heavy (non-hydrogen) atoms. The lowest BCUT2D eigenvalue weighted by Crippen LogP contribution is -2.20. The van der Waals surface area contributed by atoms with Gasteiger partial charge >= 0.3 is 0 Å². The molecule has 0 atom stereocenters. The van der Waals surface area contributed by atoms with E-state index < -0.39 is 0 Å². The van der Waals surface area contributed by atoms with Gasteiger partial charge in [-0.25, -0.2) is 0 Å². The molecule has 0 spiro atoms. The molecular formula is C27H21BrCl2N2O3. The lowest BCUT2D eigenvalue weighted by molar-refractivity contribution is -0.118. The zero-order chi connectivity index (χ0) is 24.6. The van der Waals surface area contributed by atoms with Crippen LogP contribution in [0, 0.1) is 0 Å². The van der Waals surface area contributed by atoms with E-state index in [4.69, 9.17) is 32.7 Å². The molecule has 0 bridgehead atoms. The molecule has 0 heterocycles. The van der Waals surface area contributed by atoms with Gasteiger partial charge in [0.05, 0.1) is 14.5 Å². The summed E-state index contributed by atoms with van der Waals surface area (Å²) in [5.41, 5.74) is 2.57. The molecule has 5 nitrogen and oxygen atoms in total. The zero-order valence-electron chi connectivity index (χ0n) is 18.4. The van der Waals surface area contributed by atoms with Crippen LogP contribution < -0.4 is 20.1 Å². The summed E-state index contributed by atoms with van der Waals surface area (Å²) < 4.78 is 12.2. The highest BCUT2D eigenvalue weighted by atomic mass is 79.9. The van der Waals surface area contributed by atoms with Crippen molar-refractivity contribution in [2.45, 2.75) is 6.54 Å². The molecule has 0 saturated heterocycles. The molecule has 8 heteroatoms. The molecular weight excluding hydrogens is 551 g/mol. The summed E-state index contributed by atoms with van der Waals surface area (Å²) in [5, 5.41) is 6.90. The van der Waals surface area contributed by atoms with Crippen LogP contribution in [-0.4, -0.2) is 12.5 Å². The van der Waals surface area contributed by atoms with E-state index in [1.54, 1.807) is 18.2 Å². The Morgan fingerprint density at radius 3 is 2.23 bits per heavy atom. The number of hydrogen-bond acceptors (Lipinski definition) is 4. The van der Waals surface area contributed by atoms with Gasteiger partial charge in [0.25, 0.3) is 5.91 Å². The highest BCUT2D eigenvalue weighted by Crippen LogP contribution is 2.28. The third kappa shape index (κ3) is 7.39. The lowest BCUT2D eigenvalue weighted by atomic mass is 10.2. The Morgan fingerprint density at radius 2 is 1.51 bits per heavy atom. The lowest BCUT2D eigenvalue weighted by Gasteiger charge is -2.12. The summed E-state index contributed by atoms with van der Waals surface area (Å²) in [7, 11) is 0. The Kier molecular flexibility index (Phi) is 8.53. The Morgan fingerprint density at radius 1 is 0.800 bits per heavy atom. The Balaban J connectivity index is 1.26. The summed E-state index contributed by atoms with van der Waals surface area (Å²) >= 11 is 15.4. The minimum atomic E-state index is -0.305. The maximum absolute atomic E-state index is 12.2. The second-order valence-electron chi connectivity index (χ2n) is 7.52. The summed E-state index contributed by atoms with van der Waals surface area (Å²) in [6.07, 6.45) is 0. The molecule has 4 rings (SSSR count). The minimum absolute atomic E-state index is 0.145. The van der Waals surface area contributed by atoms with Crippen LogP contribution in [0.25, 0.3) is 0 Å². The van der Waals surface area contributed by atoms with Gasteiger partial charge < -0.3 is 20.1 Å². The average Bonchev–Trinajstić information content (AvgIpc) is 2.86. The van der Waals surface area contributed by atoms with E-state index in [0.717, 1.165) is 27.2 Å². The van der Waals surface area contributed by atoms with E-state index >= 15 is 0 Å². The summed E-state index contributed by atoms with van der Waals surface area (Å²) in [6, 6.07) is 28.0. The van der Waals surface area contributed by atoms with Crippen molar-refractivity contribution in [2.24, 2.45) is 0 Å². The predicted molar refractivity (Wildman–Crippen MR) is 145 cm³/mol. The van der Waals surface area contributed by atoms with Crippen molar-refractivity contribution in [1.82, 2.24) is 0 Å². The van der Waals surface area contributed by atoms with Gasteiger partial charge in [0, 0.05) is 17.9 Å². The van der Waals surface area contributed by atoms with Gasteiger partial charge in [-0.1, -0.05) is 47.5 Å². The van der Waals surface area contributed by atoms with E-state index in [2.05, 4.69) is 26.6 Å². The van der Waals surface area contributed by atoms with Crippen molar-refractivity contribution in [3.63, 3.8) is 0 Å². The Labute approximate surface area is 222 Å². The van der Waals surface area contributed by atoms with Crippen LogP contribution >= 0.6 is 39.1 Å². The largest absolute Gasteiger partial charge is 0.483 e. The van der Waals surface area contributed by atoms with E-state index in [9.17, 15) is 4.79 Å². The fourth-order valence-electron chi connectivity index (χ4n) is 3.16. The number of carbonyl (C=O) groups is 1. The molecule has 4 aromatic rings. The summed E-state index contributed by atoms with van der Waals surface area (Å²) in [6.45, 7) is 0.476. The number of amides is 1. The number of benzene rings is 4. The van der Waals surface area contributed by atoms with Crippen molar-refractivity contribution in [1.29, 1.82) is 0 Å². The van der Waals surface area contributed by atoms with Crippen molar-refractivity contribution in [3.05, 3.63) is 111 Å². The van der Waals surface area contributed by atoms with Crippen molar-refractivity contribution in [3.8, 4) is 17.2 Å². The number of halogens is 3. The third-order valence-corrected chi connectivity index (χ3v) is 6.25. The molecule has 0 aromatic heterocycles. The van der Waals surface area contributed by atoms with Gasteiger partial charge in [0.1, 0.15) is 17.2 Å². The molecule has 178 valence electrons. The average molecular weight is 572 g/mol. The first kappa shape index (κ1) is 24.9. The Hall–Kier alpha value is -3.19. The maximum atomic E-state index is 12.2. The molecule has 0 aliphatic heterocycles. The first-order chi connectivity index (χ1) is 17.0. The van der Waals surface area contributed by atoms with Gasteiger partial charge in [-0.05, 0) is 88.2 Å². The second kappa shape index (κ2) is 12.0. The normalized spacial score (nSPS) is 10.5. The number of carbonyl (C=O) groups excluding carboxylic acids is 1. The van der Waals surface area contributed by atoms with Gasteiger partial charge in [0.15, 0.2) is 6.61 Å². The van der Waals surface area contributed by atoms with Crippen LogP contribution in [-0.2, 0) is 11.3 Å². The molecule has 0 aliphatic carbocycles. The highest BCUT2D eigenvalue weighted by molar-refractivity contribution is 9.10. The number of rotatable bonds is 9. The van der Waals surface area contributed by atoms with Crippen molar-refractivity contribution in [2.75, 3.05) is 17.2 Å². The van der Waals surface area contributed by atoms with Gasteiger partial charge in [-0.15, -0.1) is 0 Å². The zero-order valence-corrected chi connectivity index (χ0v) is 21.5. The van der Waals surface area contributed by atoms with E-state index in [1.807, 2.05) is 72.8 Å². The molecule has 0 unspecified atom stereocenters. The SMILES string of the molecule is O=C(COc1ccc(CNc2ccc(Oc3ccccc3)cc2)cc1Br)Nc1ccc(Cl)c(Cl)c1. The van der Waals surface area contributed by atoms with Gasteiger partial charge in [0.2, 0.25) is 0 Å². The molecule has 4 aromatic carbocycles. The van der Waals surface area contributed by atoms with Crippen LogP contribution in [0.4, 0.5) is 11.4 Å². The van der Waals surface area contributed by atoms with E-state index in [0.29, 0.717) is 28.0 Å². The molecule has 0 radical (unpaired) electrons. The van der Waals surface area contributed by atoms with Crippen molar-refractivity contribution >= 4 is 56.4 Å². The molecule has 0 fully saturated rings.